The molecule has 1 aliphatic rings. The minimum absolute atomic E-state index is 0.0332. The Morgan fingerprint density at radius 3 is 2.67 bits per heavy atom. The summed E-state index contributed by atoms with van der Waals surface area (Å²) in [5.74, 6) is -1.56. The number of aliphatic hydroxyl groups is 1. The van der Waals surface area contributed by atoms with Crippen LogP contribution in [0.3, 0.4) is 0 Å². The van der Waals surface area contributed by atoms with Gasteiger partial charge < -0.3 is 15.1 Å². The molecule has 0 saturated carbocycles. The Hall–Kier alpha value is -1.89. The van der Waals surface area contributed by atoms with Crippen molar-refractivity contribution in [2.45, 2.75) is 25.5 Å². The third kappa shape index (κ3) is 2.08. The van der Waals surface area contributed by atoms with E-state index in [9.17, 15) is 14.7 Å². The maximum atomic E-state index is 12.1. The van der Waals surface area contributed by atoms with E-state index in [1.54, 1.807) is 24.7 Å². The highest BCUT2D eigenvalue weighted by atomic mass is 16.4. The molecule has 0 spiro atoms. The van der Waals surface area contributed by atoms with Gasteiger partial charge in [0.25, 0.3) is 5.91 Å². The molecule has 1 amide bonds. The summed E-state index contributed by atoms with van der Waals surface area (Å²) in [4.78, 5) is 24.3. The lowest BCUT2D eigenvalue weighted by atomic mass is 10.2. The van der Waals surface area contributed by atoms with Crippen molar-refractivity contribution in [1.82, 2.24) is 14.7 Å². The number of carboxylic acid groups (broad SMARTS) is 1. The molecular formula is C11H15N3O4. The minimum Gasteiger partial charge on any atom is -0.480 e. The molecular weight excluding hydrogens is 238 g/mol. The average molecular weight is 253 g/mol. The minimum atomic E-state index is -1.10. The zero-order valence-corrected chi connectivity index (χ0v) is 10.2. The van der Waals surface area contributed by atoms with Crippen molar-refractivity contribution in [3.63, 3.8) is 0 Å². The molecule has 18 heavy (non-hydrogen) atoms. The predicted octanol–water partition coefficient (Wildman–Crippen LogP) is -0.611. The Balaban J connectivity index is 2.25. The van der Waals surface area contributed by atoms with Gasteiger partial charge in [-0.1, -0.05) is 0 Å². The highest BCUT2D eigenvalue weighted by Gasteiger charge is 2.39. The second-order valence-corrected chi connectivity index (χ2v) is 4.50. The van der Waals surface area contributed by atoms with E-state index in [2.05, 4.69) is 5.10 Å². The summed E-state index contributed by atoms with van der Waals surface area (Å²) >= 11 is 0. The van der Waals surface area contributed by atoms with Crippen LogP contribution < -0.4 is 0 Å². The number of amides is 1. The van der Waals surface area contributed by atoms with Gasteiger partial charge in [-0.2, -0.15) is 5.10 Å². The Kier molecular flexibility index (Phi) is 3.08. The maximum absolute atomic E-state index is 12.1. The van der Waals surface area contributed by atoms with Gasteiger partial charge in [-0.05, 0) is 13.0 Å². The molecule has 98 valence electrons. The molecule has 7 heteroatoms. The summed E-state index contributed by atoms with van der Waals surface area (Å²) < 4.78 is 1.55. The van der Waals surface area contributed by atoms with Gasteiger partial charge in [0.2, 0.25) is 0 Å². The van der Waals surface area contributed by atoms with Crippen LogP contribution in [0.1, 0.15) is 22.6 Å². The number of hydrogen-bond donors (Lipinski definition) is 2. The number of rotatable bonds is 2. The second kappa shape index (κ2) is 4.41. The van der Waals surface area contributed by atoms with E-state index in [1.807, 2.05) is 0 Å². The Morgan fingerprint density at radius 1 is 1.50 bits per heavy atom. The van der Waals surface area contributed by atoms with Crippen LogP contribution in [0.2, 0.25) is 0 Å². The van der Waals surface area contributed by atoms with Crippen molar-refractivity contribution >= 4 is 11.9 Å². The first-order valence-corrected chi connectivity index (χ1v) is 5.62. The van der Waals surface area contributed by atoms with Gasteiger partial charge in [0.1, 0.15) is 6.04 Å². The SMILES string of the molecule is Cc1cc(C(=O)N2C[C@H](O)C[C@@H]2C(=O)O)nn1C. The number of aromatic nitrogens is 2. The van der Waals surface area contributed by atoms with E-state index in [0.717, 1.165) is 10.6 Å². The van der Waals surface area contributed by atoms with Crippen LogP contribution in [0.5, 0.6) is 0 Å². The number of carbonyl (C=O) groups is 2. The molecule has 0 unspecified atom stereocenters. The van der Waals surface area contributed by atoms with Gasteiger partial charge in [0, 0.05) is 25.7 Å². The van der Waals surface area contributed by atoms with Crippen molar-refractivity contribution in [3.05, 3.63) is 17.5 Å². The summed E-state index contributed by atoms with van der Waals surface area (Å²) in [5, 5.41) is 22.5. The number of aliphatic carboxylic acids is 1. The molecule has 0 bridgehead atoms. The summed E-state index contributed by atoms with van der Waals surface area (Å²) in [5.41, 5.74) is 1.01. The van der Waals surface area contributed by atoms with Gasteiger partial charge in [-0.3, -0.25) is 9.48 Å². The van der Waals surface area contributed by atoms with Crippen LogP contribution in [0, 0.1) is 6.92 Å². The fraction of sp³-hybridized carbons (Fsp3) is 0.545. The third-order valence-corrected chi connectivity index (χ3v) is 3.16. The van der Waals surface area contributed by atoms with Crippen molar-refractivity contribution < 1.29 is 19.8 Å². The molecule has 0 radical (unpaired) electrons. The number of nitrogens with zero attached hydrogens (tertiary/aromatic N) is 3. The molecule has 1 fully saturated rings. The number of carboxylic acids is 1. The first-order valence-electron chi connectivity index (χ1n) is 5.62. The van der Waals surface area contributed by atoms with Crippen LogP contribution in [-0.4, -0.2) is 55.5 Å². The summed E-state index contributed by atoms with van der Waals surface area (Å²) in [6, 6.07) is 0.626. The predicted molar refractivity (Wildman–Crippen MR) is 61.0 cm³/mol. The van der Waals surface area contributed by atoms with Crippen molar-refractivity contribution in [2.75, 3.05) is 6.54 Å². The Labute approximate surface area is 104 Å². The third-order valence-electron chi connectivity index (χ3n) is 3.16. The quantitative estimate of drug-likeness (QED) is 0.733. The van der Waals surface area contributed by atoms with Crippen LogP contribution in [0.15, 0.2) is 6.07 Å². The second-order valence-electron chi connectivity index (χ2n) is 4.50. The van der Waals surface area contributed by atoms with E-state index >= 15 is 0 Å². The lowest BCUT2D eigenvalue weighted by molar-refractivity contribution is -0.141. The van der Waals surface area contributed by atoms with E-state index in [-0.39, 0.29) is 18.7 Å². The normalized spacial score (nSPS) is 23.4. The zero-order chi connectivity index (χ0) is 13.4. The molecule has 0 aliphatic carbocycles. The number of aryl methyl sites for hydroxylation is 2. The topological polar surface area (TPSA) is 95.7 Å². The van der Waals surface area contributed by atoms with Crippen LogP contribution in [0.25, 0.3) is 0 Å². The summed E-state index contributed by atoms with van der Waals surface area (Å²) in [7, 11) is 1.71. The highest BCUT2D eigenvalue weighted by Crippen LogP contribution is 2.20. The maximum Gasteiger partial charge on any atom is 0.326 e. The van der Waals surface area contributed by atoms with E-state index in [0.29, 0.717) is 0 Å². The van der Waals surface area contributed by atoms with E-state index in [1.165, 1.54) is 0 Å². The number of likely N-dealkylation sites (tertiary alicyclic amines) is 1. The van der Waals surface area contributed by atoms with Gasteiger partial charge >= 0.3 is 5.97 Å². The highest BCUT2D eigenvalue weighted by molar-refractivity contribution is 5.95. The lowest BCUT2D eigenvalue weighted by Crippen LogP contribution is -2.40. The van der Waals surface area contributed by atoms with Gasteiger partial charge in [-0.15, -0.1) is 0 Å². The van der Waals surface area contributed by atoms with Crippen molar-refractivity contribution in [2.24, 2.45) is 7.05 Å². The van der Waals surface area contributed by atoms with Crippen molar-refractivity contribution in [1.29, 1.82) is 0 Å². The average Bonchev–Trinajstić information content (AvgIpc) is 2.82. The first-order chi connectivity index (χ1) is 8.40. The number of β-amino-alcohol motifs (C(OH)–C–C–N with tert-alkyl or cyclic N) is 1. The zero-order valence-electron chi connectivity index (χ0n) is 10.2. The van der Waals surface area contributed by atoms with Crippen LogP contribution in [-0.2, 0) is 11.8 Å². The largest absolute Gasteiger partial charge is 0.480 e. The molecule has 1 aromatic heterocycles. The van der Waals surface area contributed by atoms with E-state index in [4.69, 9.17) is 5.11 Å². The molecule has 2 heterocycles. The smallest absolute Gasteiger partial charge is 0.326 e. The monoisotopic (exact) mass is 253 g/mol. The number of aliphatic hydroxyl groups excluding tert-OH is 1. The Bertz CT molecular complexity index is 477. The molecule has 1 aromatic rings. The number of carbonyl (C=O) groups excluding carboxylic acids is 1. The van der Waals surface area contributed by atoms with Crippen LogP contribution in [0.4, 0.5) is 0 Å². The summed E-state index contributed by atoms with van der Waals surface area (Å²) in [6.07, 6.45) is -0.729. The summed E-state index contributed by atoms with van der Waals surface area (Å²) in [6.45, 7) is 1.84. The van der Waals surface area contributed by atoms with Gasteiger partial charge in [0.15, 0.2) is 5.69 Å². The van der Waals surface area contributed by atoms with E-state index < -0.39 is 24.0 Å². The first kappa shape index (κ1) is 12.6. The molecule has 0 aromatic carbocycles. The fourth-order valence-corrected chi connectivity index (χ4v) is 2.08. The molecule has 1 aliphatic heterocycles. The van der Waals surface area contributed by atoms with Crippen LogP contribution >= 0.6 is 0 Å². The molecule has 2 N–H and O–H groups in total. The lowest BCUT2D eigenvalue weighted by Gasteiger charge is -2.19. The Morgan fingerprint density at radius 2 is 2.17 bits per heavy atom. The van der Waals surface area contributed by atoms with Gasteiger partial charge in [-0.25, -0.2) is 4.79 Å². The van der Waals surface area contributed by atoms with Gasteiger partial charge in [0.05, 0.1) is 6.10 Å². The standard InChI is InChI=1S/C11H15N3O4/c1-6-3-8(12-13(6)2)10(16)14-5-7(15)4-9(14)11(17)18/h3,7,9,15H,4-5H2,1-2H3,(H,17,18)/t7-,9-/m1/s1. The fourth-order valence-electron chi connectivity index (χ4n) is 2.08. The molecule has 2 atom stereocenters. The molecule has 2 rings (SSSR count). The molecule has 7 nitrogen and oxygen atoms in total. The molecule has 1 saturated heterocycles. The van der Waals surface area contributed by atoms with Crippen molar-refractivity contribution in [3.8, 4) is 0 Å². The number of hydrogen-bond acceptors (Lipinski definition) is 4.